The zero-order valence-electron chi connectivity index (χ0n) is 11.0. The van der Waals surface area contributed by atoms with Crippen LogP contribution in [0.25, 0.3) is 10.8 Å². The Morgan fingerprint density at radius 2 is 1.43 bits per heavy atom. The van der Waals surface area contributed by atoms with E-state index in [4.69, 9.17) is 5.73 Å². The lowest BCUT2D eigenvalue weighted by Gasteiger charge is -2.15. The SMILES string of the molecule is NC(c1ccc2cc(Br)ccc2c1)c1cc(Br)ccc1F. The summed E-state index contributed by atoms with van der Waals surface area (Å²) in [5.41, 5.74) is 7.61. The van der Waals surface area contributed by atoms with Crippen LogP contribution in [-0.4, -0.2) is 0 Å². The van der Waals surface area contributed by atoms with E-state index in [1.54, 1.807) is 12.1 Å². The summed E-state index contributed by atoms with van der Waals surface area (Å²) in [6.45, 7) is 0. The number of hydrogen-bond acceptors (Lipinski definition) is 1. The molecule has 1 nitrogen and oxygen atoms in total. The van der Waals surface area contributed by atoms with Gasteiger partial charge in [0.1, 0.15) is 5.82 Å². The van der Waals surface area contributed by atoms with Crippen molar-refractivity contribution in [3.63, 3.8) is 0 Å². The highest BCUT2D eigenvalue weighted by atomic mass is 79.9. The number of benzene rings is 3. The van der Waals surface area contributed by atoms with Gasteiger partial charge in [-0.25, -0.2) is 4.39 Å². The highest BCUT2D eigenvalue weighted by Crippen LogP contribution is 2.28. The van der Waals surface area contributed by atoms with Crippen molar-refractivity contribution >= 4 is 42.6 Å². The molecule has 0 fully saturated rings. The quantitative estimate of drug-likeness (QED) is 0.590. The summed E-state index contributed by atoms with van der Waals surface area (Å²) in [6, 6.07) is 16.3. The second kappa shape index (κ2) is 5.87. The molecule has 0 spiro atoms. The maximum absolute atomic E-state index is 14.0. The molecule has 21 heavy (non-hydrogen) atoms. The molecule has 0 bridgehead atoms. The van der Waals surface area contributed by atoms with E-state index in [1.165, 1.54) is 6.07 Å². The third kappa shape index (κ3) is 3.03. The molecule has 3 aromatic rings. The van der Waals surface area contributed by atoms with Gasteiger partial charge in [-0.1, -0.05) is 50.1 Å². The highest BCUT2D eigenvalue weighted by Gasteiger charge is 2.14. The van der Waals surface area contributed by atoms with E-state index in [9.17, 15) is 4.39 Å². The molecule has 0 saturated heterocycles. The zero-order chi connectivity index (χ0) is 15.0. The van der Waals surface area contributed by atoms with Crippen LogP contribution in [0, 0.1) is 5.82 Å². The van der Waals surface area contributed by atoms with Crippen molar-refractivity contribution in [2.75, 3.05) is 0 Å². The Morgan fingerprint density at radius 3 is 2.24 bits per heavy atom. The third-order valence-corrected chi connectivity index (χ3v) is 4.47. The van der Waals surface area contributed by atoms with E-state index < -0.39 is 6.04 Å². The van der Waals surface area contributed by atoms with Crippen LogP contribution in [0.1, 0.15) is 17.2 Å². The van der Waals surface area contributed by atoms with Crippen LogP contribution in [0.15, 0.2) is 63.5 Å². The van der Waals surface area contributed by atoms with Gasteiger partial charge in [0, 0.05) is 14.5 Å². The summed E-state index contributed by atoms with van der Waals surface area (Å²) in [7, 11) is 0. The number of halogens is 3. The molecule has 0 aliphatic carbocycles. The third-order valence-electron chi connectivity index (χ3n) is 3.48. The van der Waals surface area contributed by atoms with Gasteiger partial charge in [-0.3, -0.25) is 0 Å². The van der Waals surface area contributed by atoms with Crippen molar-refractivity contribution in [3.05, 3.63) is 80.5 Å². The number of hydrogen-bond donors (Lipinski definition) is 1. The predicted octanol–water partition coefficient (Wildman–Crippen LogP) is 5.55. The Morgan fingerprint density at radius 1 is 0.810 bits per heavy atom. The second-order valence-corrected chi connectivity index (χ2v) is 6.73. The highest BCUT2D eigenvalue weighted by molar-refractivity contribution is 9.10. The van der Waals surface area contributed by atoms with Gasteiger partial charge in [-0.15, -0.1) is 0 Å². The normalized spacial score (nSPS) is 12.6. The molecule has 0 heterocycles. The van der Waals surface area contributed by atoms with Gasteiger partial charge in [0.25, 0.3) is 0 Å². The second-order valence-electron chi connectivity index (χ2n) is 4.89. The van der Waals surface area contributed by atoms with Gasteiger partial charge in [-0.05, 0) is 52.7 Å². The monoisotopic (exact) mass is 407 g/mol. The van der Waals surface area contributed by atoms with Crippen LogP contribution in [0.4, 0.5) is 4.39 Å². The van der Waals surface area contributed by atoms with Crippen molar-refractivity contribution < 1.29 is 4.39 Å². The van der Waals surface area contributed by atoms with Gasteiger partial charge in [0.2, 0.25) is 0 Å². The van der Waals surface area contributed by atoms with Gasteiger partial charge in [-0.2, -0.15) is 0 Å². The summed E-state index contributed by atoms with van der Waals surface area (Å²) >= 11 is 6.81. The van der Waals surface area contributed by atoms with E-state index in [2.05, 4.69) is 31.9 Å². The molecule has 1 atom stereocenters. The minimum Gasteiger partial charge on any atom is -0.320 e. The van der Waals surface area contributed by atoms with Crippen molar-refractivity contribution in [2.24, 2.45) is 5.73 Å². The maximum Gasteiger partial charge on any atom is 0.128 e. The van der Waals surface area contributed by atoms with Crippen molar-refractivity contribution in [2.45, 2.75) is 6.04 Å². The van der Waals surface area contributed by atoms with Crippen LogP contribution < -0.4 is 5.73 Å². The van der Waals surface area contributed by atoms with Crippen molar-refractivity contribution in [1.29, 1.82) is 0 Å². The summed E-state index contributed by atoms with van der Waals surface area (Å²) in [5.74, 6) is -0.290. The summed E-state index contributed by atoms with van der Waals surface area (Å²) in [4.78, 5) is 0. The first-order valence-electron chi connectivity index (χ1n) is 6.44. The molecule has 1 unspecified atom stereocenters. The molecule has 0 aromatic heterocycles. The van der Waals surface area contributed by atoms with E-state index in [1.807, 2.05) is 36.4 Å². The van der Waals surface area contributed by atoms with E-state index in [0.29, 0.717) is 5.56 Å². The Hall–Kier alpha value is -1.23. The van der Waals surface area contributed by atoms with Crippen molar-refractivity contribution in [3.8, 4) is 0 Å². The molecule has 106 valence electrons. The smallest absolute Gasteiger partial charge is 0.128 e. The largest absolute Gasteiger partial charge is 0.320 e. The van der Waals surface area contributed by atoms with E-state index >= 15 is 0 Å². The van der Waals surface area contributed by atoms with E-state index in [-0.39, 0.29) is 5.82 Å². The molecule has 0 saturated carbocycles. The fourth-order valence-electron chi connectivity index (χ4n) is 2.36. The number of rotatable bonds is 2. The van der Waals surface area contributed by atoms with Crippen LogP contribution in [0.5, 0.6) is 0 Å². The lowest BCUT2D eigenvalue weighted by Crippen LogP contribution is -2.13. The average Bonchev–Trinajstić information content (AvgIpc) is 2.48. The Balaban J connectivity index is 2.07. The zero-order valence-corrected chi connectivity index (χ0v) is 14.2. The minimum absolute atomic E-state index is 0.290. The summed E-state index contributed by atoms with van der Waals surface area (Å²) in [5, 5.41) is 2.21. The van der Waals surface area contributed by atoms with Gasteiger partial charge < -0.3 is 5.73 Å². The Labute approximate surface area is 139 Å². The molecule has 3 aromatic carbocycles. The first-order valence-corrected chi connectivity index (χ1v) is 8.03. The lowest BCUT2D eigenvalue weighted by atomic mass is 9.97. The van der Waals surface area contributed by atoms with Crippen molar-refractivity contribution in [1.82, 2.24) is 0 Å². The first-order chi connectivity index (χ1) is 10.0. The standard InChI is InChI=1S/C17H12Br2FN/c18-13-4-3-10-7-12(2-1-11(10)8-13)17(21)15-9-14(19)5-6-16(15)20/h1-9,17H,21H2. The Bertz CT molecular complexity index is 817. The molecule has 0 aliphatic heterocycles. The molecule has 3 rings (SSSR count). The lowest BCUT2D eigenvalue weighted by molar-refractivity contribution is 0.599. The molecular formula is C17H12Br2FN. The molecule has 0 amide bonds. The molecule has 0 aliphatic rings. The average molecular weight is 409 g/mol. The number of nitrogens with two attached hydrogens (primary N) is 1. The summed E-state index contributed by atoms with van der Waals surface area (Å²) in [6.07, 6.45) is 0. The molecule has 4 heteroatoms. The number of fused-ring (bicyclic) bond motifs is 1. The molecular weight excluding hydrogens is 397 g/mol. The topological polar surface area (TPSA) is 26.0 Å². The molecule has 0 radical (unpaired) electrons. The minimum atomic E-state index is -0.490. The van der Waals surface area contributed by atoms with Crippen LogP contribution >= 0.6 is 31.9 Å². The maximum atomic E-state index is 14.0. The van der Waals surface area contributed by atoms with Crippen LogP contribution in [-0.2, 0) is 0 Å². The fraction of sp³-hybridized carbons (Fsp3) is 0.0588. The fourth-order valence-corrected chi connectivity index (χ4v) is 3.12. The Kier molecular flexibility index (Phi) is 4.11. The van der Waals surface area contributed by atoms with Gasteiger partial charge in [0.05, 0.1) is 6.04 Å². The van der Waals surface area contributed by atoms with Gasteiger partial charge in [0.15, 0.2) is 0 Å². The van der Waals surface area contributed by atoms with Crippen LogP contribution in [0.2, 0.25) is 0 Å². The predicted molar refractivity (Wildman–Crippen MR) is 91.8 cm³/mol. The van der Waals surface area contributed by atoms with Gasteiger partial charge >= 0.3 is 0 Å². The molecule has 2 N–H and O–H groups in total. The summed E-state index contributed by atoms with van der Waals surface area (Å²) < 4.78 is 15.8. The first kappa shape index (κ1) is 14.7. The van der Waals surface area contributed by atoms with Crippen LogP contribution in [0.3, 0.4) is 0 Å². The van der Waals surface area contributed by atoms with E-state index in [0.717, 1.165) is 25.3 Å².